The second kappa shape index (κ2) is 5.28. The van der Waals surface area contributed by atoms with Gasteiger partial charge in [-0.15, -0.1) is 0 Å². The van der Waals surface area contributed by atoms with Crippen LogP contribution in [0, 0.1) is 17.1 Å². The molecule has 4 aromatic rings. The maximum Gasteiger partial charge on any atom is 0.141 e. The van der Waals surface area contributed by atoms with Gasteiger partial charge in [-0.05, 0) is 23.8 Å². The summed E-state index contributed by atoms with van der Waals surface area (Å²) in [5.74, 6) is -0.403. The summed E-state index contributed by atoms with van der Waals surface area (Å²) in [4.78, 5) is 11.4. The molecule has 4 rings (SSSR count). The molecule has 0 aliphatic heterocycles. The van der Waals surface area contributed by atoms with Crippen LogP contribution in [0.15, 0.2) is 43.0 Å². The van der Waals surface area contributed by atoms with E-state index in [-0.39, 0.29) is 0 Å². The second-order valence-corrected chi connectivity index (χ2v) is 5.32. The molecule has 0 aliphatic rings. The van der Waals surface area contributed by atoms with E-state index in [1.807, 2.05) is 12.3 Å². The van der Waals surface area contributed by atoms with E-state index in [4.69, 9.17) is 0 Å². The fraction of sp³-hybridized carbons (Fsp3) is 0.0588. The topological polar surface area (TPSA) is 83.2 Å². The maximum atomic E-state index is 13.2. The average molecular weight is 318 g/mol. The van der Waals surface area contributed by atoms with Gasteiger partial charge in [0.2, 0.25) is 0 Å². The second-order valence-electron chi connectivity index (χ2n) is 5.32. The summed E-state index contributed by atoms with van der Waals surface area (Å²) in [5.41, 5.74) is 3.95. The van der Waals surface area contributed by atoms with Crippen molar-refractivity contribution in [2.75, 3.05) is 0 Å². The predicted octanol–water partition coefficient (Wildman–Crippen LogP) is 3.04. The smallest absolute Gasteiger partial charge is 0.141 e. The van der Waals surface area contributed by atoms with Crippen molar-refractivity contribution in [1.82, 2.24) is 24.7 Å². The highest BCUT2D eigenvalue weighted by molar-refractivity contribution is 5.99. The molecule has 0 saturated heterocycles. The highest BCUT2D eigenvalue weighted by Gasteiger charge is 2.18. The van der Waals surface area contributed by atoms with Crippen LogP contribution in [0.5, 0.6) is 0 Å². The minimum Gasteiger partial charge on any atom is -0.345 e. The van der Waals surface area contributed by atoms with Crippen molar-refractivity contribution in [2.24, 2.45) is 7.05 Å². The first-order valence-electron chi connectivity index (χ1n) is 7.19. The molecular formula is C17H11FN6. The molecule has 6 nitrogen and oxygen atoms in total. The SMILES string of the molecule is Cn1cc(-c2ccnc3[nH]cc(C#N)c23)c(-c2ccc(F)cn2)n1. The van der Waals surface area contributed by atoms with Crippen LogP contribution in [0.1, 0.15) is 5.56 Å². The van der Waals surface area contributed by atoms with Crippen molar-refractivity contribution in [3.05, 3.63) is 54.4 Å². The maximum absolute atomic E-state index is 13.2. The van der Waals surface area contributed by atoms with E-state index in [0.717, 1.165) is 22.7 Å². The molecular weight excluding hydrogens is 307 g/mol. The van der Waals surface area contributed by atoms with Crippen molar-refractivity contribution >= 4 is 11.0 Å². The van der Waals surface area contributed by atoms with Crippen molar-refractivity contribution in [3.8, 4) is 28.6 Å². The summed E-state index contributed by atoms with van der Waals surface area (Å²) >= 11 is 0. The Labute approximate surface area is 136 Å². The van der Waals surface area contributed by atoms with E-state index in [0.29, 0.717) is 22.6 Å². The van der Waals surface area contributed by atoms with Crippen LogP contribution in [0.3, 0.4) is 0 Å². The third-order valence-corrected chi connectivity index (χ3v) is 3.78. The Morgan fingerprint density at radius 2 is 2.08 bits per heavy atom. The van der Waals surface area contributed by atoms with E-state index in [1.165, 1.54) is 6.07 Å². The van der Waals surface area contributed by atoms with Gasteiger partial charge in [0.25, 0.3) is 0 Å². The van der Waals surface area contributed by atoms with Crippen molar-refractivity contribution in [1.29, 1.82) is 5.26 Å². The molecule has 0 atom stereocenters. The molecule has 116 valence electrons. The molecule has 0 fully saturated rings. The van der Waals surface area contributed by atoms with Gasteiger partial charge in [0.1, 0.15) is 23.2 Å². The number of hydrogen-bond donors (Lipinski definition) is 1. The number of aromatic nitrogens is 5. The molecule has 0 amide bonds. The number of aryl methyl sites for hydroxylation is 1. The van der Waals surface area contributed by atoms with Crippen LogP contribution in [0.4, 0.5) is 4.39 Å². The van der Waals surface area contributed by atoms with Gasteiger partial charge >= 0.3 is 0 Å². The summed E-state index contributed by atoms with van der Waals surface area (Å²) in [5, 5.41) is 14.5. The van der Waals surface area contributed by atoms with Crippen LogP contribution in [-0.2, 0) is 7.05 Å². The van der Waals surface area contributed by atoms with E-state index in [1.54, 1.807) is 30.2 Å². The zero-order chi connectivity index (χ0) is 16.7. The van der Waals surface area contributed by atoms with Crippen LogP contribution in [0.25, 0.3) is 33.5 Å². The molecule has 0 radical (unpaired) electrons. The van der Waals surface area contributed by atoms with Crippen molar-refractivity contribution in [3.63, 3.8) is 0 Å². The van der Waals surface area contributed by atoms with E-state index < -0.39 is 5.82 Å². The fourth-order valence-corrected chi connectivity index (χ4v) is 2.76. The number of rotatable bonds is 2. The lowest BCUT2D eigenvalue weighted by Gasteiger charge is -2.04. The lowest BCUT2D eigenvalue weighted by Crippen LogP contribution is -1.91. The lowest BCUT2D eigenvalue weighted by atomic mass is 10.0. The van der Waals surface area contributed by atoms with Crippen molar-refractivity contribution in [2.45, 2.75) is 0 Å². The van der Waals surface area contributed by atoms with Gasteiger partial charge in [-0.3, -0.25) is 9.67 Å². The van der Waals surface area contributed by atoms with E-state index in [9.17, 15) is 9.65 Å². The summed E-state index contributed by atoms with van der Waals surface area (Å²) in [6, 6.07) is 6.94. The molecule has 24 heavy (non-hydrogen) atoms. The molecule has 0 unspecified atom stereocenters. The van der Waals surface area contributed by atoms with E-state index >= 15 is 0 Å². The van der Waals surface area contributed by atoms with Gasteiger partial charge in [-0.2, -0.15) is 10.4 Å². The number of nitriles is 1. The zero-order valence-corrected chi connectivity index (χ0v) is 12.7. The molecule has 0 aromatic carbocycles. The number of nitrogens with zero attached hydrogens (tertiary/aromatic N) is 5. The Bertz CT molecular complexity index is 1080. The zero-order valence-electron chi connectivity index (χ0n) is 12.7. The summed E-state index contributed by atoms with van der Waals surface area (Å²) in [7, 11) is 1.80. The number of halogens is 1. The van der Waals surface area contributed by atoms with Gasteiger partial charge in [0.15, 0.2) is 0 Å². The molecule has 7 heteroatoms. The largest absolute Gasteiger partial charge is 0.345 e. The van der Waals surface area contributed by atoms with Crippen LogP contribution >= 0.6 is 0 Å². The summed E-state index contributed by atoms with van der Waals surface area (Å²) < 4.78 is 14.8. The number of hydrogen-bond acceptors (Lipinski definition) is 4. The summed E-state index contributed by atoms with van der Waals surface area (Å²) in [6.45, 7) is 0. The highest BCUT2D eigenvalue weighted by Crippen LogP contribution is 2.35. The number of nitrogens with one attached hydrogen (secondary N) is 1. The molecule has 4 heterocycles. The first kappa shape index (κ1) is 14.1. The first-order valence-corrected chi connectivity index (χ1v) is 7.19. The van der Waals surface area contributed by atoms with Crippen LogP contribution < -0.4 is 0 Å². The number of H-pyrrole nitrogens is 1. The number of pyridine rings is 2. The molecule has 4 aromatic heterocycles. The minimum absolute atomic E-state index is 0.403. The van der Waals surface area contributed by atoms with Gasteiger partial charge < -0.3 is 4.98 Å². The Hall–Kier alpha value is -3.53. The lowest BCUT2D eigenvalue weighted by molar-refractivity contribution is 0.621. The van der Waals surface area contributed by atoms with Crippen LogP contribution in [-0.4, -0.2) is 24.7 Å². The Morgan fingerprint density at radius 1 is 1.21 bits per heavy atom. The average Bonchev–Trinajstić information content (AvgIpc) is 3.18. The molecule has 0 saturated carbocycles. The molecule has 0 bridgehead atoms. The predicted molar refractivity (Wildman–Crippen MR) is 86.2 cm³/mol. The number of aromatic amines is 1. The molecule has 0 spiro atoms. The quantitative estimate of drug-likeness (QED) is 0.616. The Kier molecular flexibility index (Phi) is 3.10. The first-order chi connectivity index (χ1) is 11.7. The van der Waals surface area contributed by atoms with Crippen molar-refractivity contribution < 1.29 is 4.39 Å². The minimum atomic E-state index is -0.403. The number of fused-ring (bicyclic) bond motifs is 1. The molecule has 1 N–H and O–H groups in total. The van der Waals surface area contributed by atoms with Gasteiger partial charge in [-0.25, -0.2) is 9.37 Å². The van der Waals surface area contributed by atoms with Gasteiger partial charge in [0.05, 0.1) is 17.5 Å². The standard InChI is InChI=1S/C17H11FN6/c1-24-9-13(16(23-24)14-3-2-11(18)8-21-14)12-4-5-20-17-15(12)10(6-19)7-22-17/h2-5,7-9H,1H3,(H,20,22). The van der Waals surface area contributed by atoms with E-state index in [2.05, 4.69) is 26.1 Å². The third-order valence-electron chi connectivity index (χ3n) is 3.78. The normalized spacial score (nSPS) is 10.9. The highest BCUT2D eigenvalue weighted by atomic mass is 19.1. The Balaban J connectivity index is 2.00. The monoisotopic (exact) mass is 318 g/mol. The fourth-order valence-electron chi connectivity index (χ4n) is 2.76. The third kappa shape index (κ3) is 2.13. The molecule has 0 aliphatic carbocycles. The van der Waals surface area contributed by atoms with Gasteiger partial charge in [0, 0.05) is 36.6 Å². The summed E-state index contributed by atoms with van der Waals surface area (Å²) in [6.07, 6.45) is 6.31. The van der Waals surface area contributed by atoms with Crippen LogP contribution in [0.2, 0.25) is 0 Å². The Morgan fingerprint density at radius 3 is 2.83 bits per heavy atom. The van der Waals surface area contributed by atoms with Gasteiger partial charge in [-0.1, -0.05) is 0 Å².